The Bertz CT molecular complexity index is 1130. The third kappa shape index (κ3) is 5.91. The molecule has 162 valence electrons. The number of carbonyl (C=O) groups is 1. The molecule has 7 nitrogen and oxygen atoms in total. The Hall–Kier alpha value is -3.20. The van der Waals surface area contributed by atoms with E-state index in [1.165, 1.54) is 0 Å². The first-order valence-electron chi connectivity index (χ1n) is 9.59. The van der Waals surface area contributed by atoms with Gasteiger partial charge in [0.05, 0.1) is 12.0 Å². The van der Waals surface area contributed by atoms with Crippen molar-refractivity contribution in [1.29, 1.82) is 0 Å². The summed E-state index contributed by atoms with van der Waals surface area (Å²) in [6.07, 6.45) is 0.210. The summed E-state index contributed by atoms with van der Waals surface area (Å²) in [6.45, 7) is 0.119. The van der Waals surface area contributed by atoms with Crippen molar-refractivity contribution in [2.45, 2.75) is 23.9 Å². The Morgan fingerprint density at radius 1 is 0.935 bits per heavy atom. The van der Waals surface area contributed by atoms with Crippen LogP contribution in [0.3, 0.4) is 0 Å². The molecule has 0 aliphatic heterocycles. The number of methoxy groups -OCH3 is 1. The van der Waals surface area contributed by atoms with Crippen LogP contribution in [-0.2, 0) is 27.8 Å². The van der Waals surface area contributed by atoms with Gasteiger partial charge in [0.2, 0.25) is 10.0 Å². The number of ether oxygens (including phenoxy) is 1. The Kier molecular flexibility index (Phi) is 7.06. The molecule has 3 aromatic carbocycles. The lowest BCUT2D eigenvalue weighted by molar-refractivity contribution is -0.138. The molecule has 8 heteroatoms. The van der Waals surface area contributed by atoms with Gasteiger partial charge in [-0.3, -0.25) is 4.79 Å². The highest BCUT2D eigenvalue weighted by Crippen LogP contribution is 2.23. The fourth-order valence-electron chi connectivity index (χ4n) is 3.01. The average molecular weight is 441 g/mol. The molecule has 0 aliphatic carbocycles. The van der Waals surface area contributed by atoms with Crippen molar-refractivity contribution >= 4 is 16.0 Å². The minimum absolute atomic E-state index is 0.119. The van der Waals surface area contributed by atoms with Gasteiger partial charge in [-0.25, -0.2) is 13.1 Å². The summed E-state index contributed by atoms with van der Waals surface area (Å²) in [7, 11) is -2.07. The summed E-state index contributed by atoms with van der Waals surface area (Å²) < 4.78 is 33.0. The van der Waals surface area contributed by atoms with Crippen LogP contribution in [0.2, 0.25) is 0 Å². The van der Waals surface area contributed by atoms with Crippen LogP contribution in [0.5, 0.6) is 5.75 Å². The topological polar surface area (TPSA) is 119 Å². The number of benzene rings is 3. The largest absolute Gasteiger partial charge is 0.497 e. The lowest BCUT2D eigenvalue weighted by Crippen LogP contribution is -2.32. The summed E-state index contributed by atoms with van der Waals surface area (Å²) in [5.41, 5.74) is 8.92. The van der Waals surface area contributed by atoms with Crippen molar-refractivity contribution in [2.75, 3.05) is 7.11 Å². The van der Waals surface area contributed by atoms with Crippen LogP contribution in [0.1, 0.15) is 11.1 Å². The molecule has 0 bridgehead atoms. The Balaban J connectivity index is 1.63. The number of nitrogens with two attached hydrogens (primary N) is 1. The highest BCUT2D eigenvalue weighted by atomic mass is 32.2. The zero-order valence-corrected chi connectivity index (χ0v) is 17.8. The highest BCUT2D eigenvalue weighted by molar-refractivity contribution is 7.89. The molecule has 1 atom stereocenters. The van der Waals surface area contributed by atoms with Crippen LogP contribution in [0.25, 0.3) is 11.1 Å². The maximum Gasteiger partial charge on any atom is 0.320 e. The molecule has 31 heavy (non-hydrogen) atoms. The van der Waals surface area contributed by atoms with Crippen molar-refractivity contribution in [3.63, 3.8) is 0 Å². The molecule has 0 amide bonds. The zero-order valence-electron chi connectivity index (χ0n) is 17.0. The van der Waals surface area contributed by atoms with Crippen LogP contribution in [0.4, 0.5) is 0 Å². The van der Waals surface area contributed by atoms with Gasteiger partial charge in [0.1, 0.15) is 11.8 Å². The highest BCUT2D eigenvalue weighted by Gasteiger charge is 2.15. The molecular formula is C23H24N2O5S. The summed E-state index contributed by atoms with van der Waals surface area (Å²) in [6, 6.07) is 20.2. The second-order valence-corrected chi connectivity index (χ2v) is 8.81. The minimum atomic E-state index is -3.68. The zero-order chi connectivity index (χ0) is 22.4. The van der Waals surface area contributed by atoms with Crippen molar-refractivity contribution in [3.8, 4) is 16.9 Å². The summed E-state index contributed by atoms with van der Waals surface area (Å²) in [5.74, 6) is -0.306. The van der Waals surface area contributed by atoms with Gasteiger partial charge in [0, 0.05) is 6.54 Å². The third-order valence-electron chi connectivity index (χ3n) is 4.85. The summed E-state index contributed by atoms with van der Waals surface area (Å²) in [4.78, 5) is 11.0. The molecule has 0 heterocycles. The average Bonchev–Trinajstić information content (AvgIpc) is 2.79. The summed E-state index contributed by atoms with van der Waals surface area (Å²) >= 11 is 0. The number of rotatable bonds is 9. The number of sulfonamides is 1. The first-order chi connectivity index (χ1) is 14.8. The molecule has 0 aromatic heterocycles. The fourth-order valence-corrected chi connectivity index (χ4v) is 4.02. The molecule has 0 saturated heterocycles. The Morgan fingerprint density at radius 3 is 1.97 bits per heavy atom. The van der Waals surface area contributed by atoms with Gasteiger partial charge in [-0.05, 0) is 52.9 Å². The van der Waals surface area contributed by atoms with E-state index >= 15 is 0 Å². The summed E-state index contributed by atoms with van der Waals surface area (Å²) in [5, 5.41) is 8.88. The van der Waals surface area contributed by atoms with Crippen LogP contribution >= 0.6 is 0 Å². The number of nitrogens with one attached hydrogen (secondary N) is 1. The molecule has 0 aliphatic rings. The van der Waals surface area contributed by atoms with Gasteiger partial charge >= 0.3 is 5.97 Å². The molecule has 0 radical (unpaired) electrons. The molecule has 0 fully saturated rings. The number of aliphatic carboxylic acids is 1. The molecule has 3 aromatic rings. The number of hydrogen-bond donors (Lipinski definition) is 3. The van der Waals surface area contributed by atoms with Gasteiger partial charge in [-0.1, -0.05) is 48.5 Å². The minimum Gasteiger partial charge on any atom is -0.497 e. The van der Waals surface area contributed by atoms with Gasteiger partial charge in [0.25, 0.3) is 0 Å². The maximum absolute atomic E-state index is 12.6. The van der Waals surface area contributed by atoms with Crippen LogP contribution in [-0.4, -0.2) is 32.6 Å². The lowest BCUT2D eigenvalue weighted by Gasteiger charge is -2.10. The first-order valence-corrected chi connectivity index (χ1v) is 11.1. The van der Waals surface area contributed by atoms with Crippen LogP contribution in [0.15, 0.2) is 77.7 Å². The van der Waals surface area contributed by atoms with E-state index in [-0.39, 0.29) is 17.9 Å². The van der Waals surface area contributed by atoms with Gasteiger partial charge in [-0.15, -0.1) is 0 Å². The van der Waals surface area contributed by atoms with Crippen molar-refractivity contribution in [2.24, 2.45) is 5.73 Å². The molecule has 0 unspecified atom stereocenters. The number of carboxylic acids is 1. The van der Waals surface area contributed by atoms with E-state index in [1.54, 1.807) is 55.6 Å². The van der Waals surface area contributed by atoms with Crippen molar-refractivity contribution in [3.05, 3.63) is 83.9 Å². The fraction of sp³-hybridized carbons (Fsp3) is 0.174. The van der Waals surface area contributed by atoms with E-state index in [2.05, 4.69) is 4.72 Å². The quantitative estimate of drug-likeness (QED) is 0.471. The Labute approximate surface area is 181 Å². The van der Waals surface area contributed by atoms with Crippen LogP contribution in [0, 0.1) is 0 Å². The van der Waals surface area contributed by atoms with E-state index in [9.17, 15) is 13.2 Å². The van der Waals surface area contributed by atoms with Crippen molar-refractivity contribution < 1.29 is 23.1 Å². The maximum atomic E-state index is 12.6. The smallest absolute Gasteiger partial charge is 0.320 e. The van der Waals surface area contributed by atoms with Gasteiger partial charge < -0.3 is 15.6 Å². The first kappa shape index (κ1) is 22.5. The standard InChI is InChI=1S/C23H24N2O5S/c1-30-20-10-6-18(7-11-20)19-8-12-21(13-9-19)31(28,29)25-15-17-4-2-16(3-5-17)14-22(24)23(26)27/h2-13,22,25H,14-15,24H2,1H3,(H,26,27)/t22-/m0/s1. The lowest BCUT2D eigenvalue weighted by atomic mass is 10.0. The molecular weight excluding hydrogens is 416 g/mol. The monoisotopic (exact) mass is 440 g/mol. The van der Waals surface area contributed by atoms with E-state index in [0.29, 0.717) is 0 Å². The second kappa shape index (κ2) is 9.74. The van der Waals surface area contributed by atoms with Crippen molar-refractivity contribution in [1.82, 2.24) is 4.72 Å². The number of carboxylic acid groups (broad SMARTS) is 1. The van der Waals surface area contributed by atoms with Crippen LogP contribution < -0.4 is 15.2 Å². The molecule has 4 N–H and O–H groups in total. The van der Waals surface area contributed by atoms with E-state index in [4.69, 9.17) is 15.6 Å². The van der Waals surface area contributed by atoms with E-state index in [1.807, 2.05) is 24.3 Å². The molecule has 0 saturated carbocycles. The SMILES string of the molecule is COc1ccc(-c2ccc(S(=O)(=O)NCc3ccc(C[C@H](N)C(=O)O)cc3)cc2)cc1. The molecule has 0 spiro atoms. The van der Waals surface area contributed by atoms with Gasteiger partial charge in [-0.2, -0.15) is 0 Å². The Morgan fingerprint density at radius 2 is 1.45 bits per heavy atom. The van der Waals surface area contributed by atoms with Gasteiger partial charge in [0.15, 0.2) is 0 Å². The number of hydrogen-bond acceptors (Lipinski definition) is 5. The third-order valence-corrected chi connectivity index (χ3v) is 6.27. The second-order valence-electron chi connectivity index (χ2n) is 7.04. The van der Waals surface area contributed by atoms with E-state index in [0.717, 1.165) is 28.0 Å². The normalized spacial score (nSPS) is 12.3. The molecule has 3 rings (SSSR count). The van der Waals surface area contributed by atoms with E-state index < -0.39 is 22.0 Å². The predicted octanol–water partition coefficient (Wildman–Crippen LogP) is 2.80. The predicted molar refractivity (Wildman–Crippen MR) is 118 cm³/mol.